The quantitative estimate of drug-likeness (QED) is 0.402. The maximum absolute atomic E-state index is 10.5. The Morgan fingerprint density at radius 2 is 2.21 bits per heavy atom. The molecule has 76 valence electrons. The van der Waals surface area contributed by atoms with Gasteiger partial charge in [-0.3, -0.25) is 4.79 Å². The molecular formula is C12H16OS. The summed E-state index contributed by atoms with van der Waals surface area (Å²) >= 11 is 1.83. The summed E-state index contributed by atoms with van der Waals surface area (Å²) in [6, 6.07) is 7.78. The zero-order valence-corrected chi connectivity index (χ0v) is 9.35. The molecule has 0 amide bonds. The monoisotopic (exact) mass is 208 g/mol. The lowest BCUT2D eigenvalue weighted by atomic mass is 10.2. The second kappa shape index (κ2) is 6.66. The van der Waals surface area contributed by atoms with Crippen LogP contribution >= 0.6 is 11.8 Å². The van der Waals surface area contributed by atoms with Crippen LogP contribution < -0.4 is 0 Å². The van der Waals surface area contributed by atoms with Gasteiger partial charge in [-0.05, 0) is 24.3 Å². The predicted molar refractivity (Wildman–Crippen MR) is 62.1 cm³/mol. The van der Waals surface area contributed by atoms with Crippen molar-refractivity contribution in [1.82, 2.24) is 0 Å². The van der Waals surface area contributed by atoms with Gasteiger partial charge >= 0.3 is 0 Å². The second-order valence-electron chi connectivity index (χ2n) is 3.25. The molecule has 0 aliphatic heterocycles. The second-order valence-corrected chi connectivity index (χ2v) is 4.41. The number of hydrogen-bond acceptors (Lipinski definition) is 2. The van der Waals surface area contributed by atoms with E-state index in [-0.39, 0.29) is 0 Å². The van der Waals surface area contributed by atoms with Crippen molar-refractivity contribution in [3.8, 4) is 0 Å². The standard InChI is InChI=1S/C12H16OS/c1-2-3-4-8-14-12-7-5-6-11(9-12)10-13/h5-7,9-10H,2-4,8H2,1H3. The summed E-state index contributed by atoms with van der Waals surface area (Å²) in [6.45, 7) is 2.21. The molecule has 0 aliphatic carbocycles. The molecule has 0 saturated carbocycles. The number of carbonyl (C=O) groups is 1. The molecule has 0 heterocycles. The van der Waals surface area contributed by atoms with Gasteiger partial charge in [-0.1, -0.05) is 31.9 Å². The Morgan fingerprint density at radius 3 is 2.93 bits per heavy atom. The number of aldehydes is 1. The molecule has 0 radical (unpaired) electrons. The summed E-state index contributed by atoms with van der Waals surface area (Å²) in [4.78, 5) is 11.7. The number of benzene rings is 1. The van der Waals surface area contributed by atoms with Crippen molar-refractivity contribution < 1.29 is 4.79 Å². The Balaban J connectivity index is 2.38. The molecule has 0 saturated heterocycles. The molecule has 0 spiro atoms. The highest BCUT2D eigenvalue weighted by Crippen LogP contribution is 2.20. The van der Waals surface area contributed by atoms with Crippen LogP contribution in [0.5, 0.6) is 0 Å². The van der Waals surface area contributed by atoms with E-state index in [1.165, 1.54) is 24.2 Å². The number of hydrogen-bond donors (Lipinski definition) is 0. The highest BCUT2D eigenvalue weighted by molar-refractivity contribution is 7.99. The van der Waals surface area contributed by atoms with Crippen molar-refractivity contribution in [1.29, 1.82) is 0 Å². The molecule has 1 aromatic carbocycles. The first kappa shape index (κ1) is 11.3. The van der Waals surface area contributed by atoms with E-state index in [2.05, 4.69) is 13.0 Å². The van der Waals surface area contributed by atoms with Gasteiger partial charge in [0.2, 0.25) is 0 Å². The molecule has 14 heavy (non-hydrogen) atoms. The molecule has 1 aromatic rings. The third-order valence-electron chi connectivity index (χ3n) is 2.01. The SMILES string of the molecule is CCCCCSc1cccc(C=O)c1. The normalized spacial score (nSPS) is 10.1. The topological polar surface area (TPSA) is 17.1 Å². The van der Waals surface area contributed by atoms with E-state index in [1.54, 1.807) is 0 Å². The first-order valence-electron chi connectivity index (χ1n) is 5.05. The van der Waals surface area contributed by atoms with Crippen LogP contribution in [0.25, 0.3) is 0 Å². The van der Waals surface area contributed by atoms with Crippen LogP contribution in [0.2, 0.25) is 0 Å². The van der Waals surface area contributed by atoms with E-state index in [4.69, 9.17) is 0 Å². The van der Waals surface area contributed by atoms with Crippen LogP contribution in [0.15, 0.2) is 29.2 Å². The molecule has 0 bridgehead atoms. The third-order valence-corrected chi connectivity index (χ3v) is 3.09. The van der Waals surface area contributed by atoms with Crippen LogP contribution in [0.4, 0.5) is 0 Å². The lowest BCUT2D eigenvalue weighted by Crippen LogP contribution is -1.82. The molecule has 2 heteroatoms. The van der Waals surface area contributed by atoms with Gasteiger partial charge < -0.3 is 0 Å². The Hall–Kier alpha value is -0.760. The molecular weight excluding hydrogens is 192 g/mol. The average Bonchev–Trinajstić information content (AvgIpc) is 2.25. The maximum Gasteiger partial charge on any atom is 0.150 e. The van der Waals surface area contributed by atoms with Crippen LogP contribution in [0.3, 0.4) is 0 Å². The molecule has 0 aliphatic rings. The molecule has 1 nitrogen and oxygen atoms in total. The fraction of sp³-hybridized carbons (Fsp3) is 0.417. The summed E-state index contributed by atoms with van der Waals surface area (Å²) < 4.78 is 0. The largest absolute Gasteiger partial charge is 0.298 e. The molecule has 0 N–H and O–H groups in total. The first-order valence-corrected chi connectivity index (χ1v) is 6.03. The van der Waals surface area contributed by atoms with E-state index < -0.39 is 0 Å². The van der Waals surface area contributed by atoms with E-state index in [0.29, 0.717) is 0 Å². The summed E-state index contributed by atoms with van der Waals surface area (Å²) in [5.41, 5.74) is 0.769. The lowest BCUT2D eigenvalue weighted by molar-refractivity contribution is 0.112. The minimum Gasteiger partial charge on any atom is -0.298 e. The Labute approximate surface area is 89.9 Å². The number of carbonyl (C=O) groups excluding carboxylic acids is 1. The van der Waals surface area contributed by atoms with Crippen molar-refractivity contribution >= 4 is 18.0 Å². The van der Waals surface area contributed by atoms with Gasteiger partial charge in [0.15, 0.2) is 0 Å². The Bertz CT molecular complexity index is 283. The summed E-state index contributed by atoms with van der Waals surface area (Å²) in [6.07, 6.45) is 4.71. The van der Waals surface area contributed by atoms with E-state index in [9.17, 15) is 4.79 Å². The number of rotatable bonds is 6. The van der Waals surface area contributed by atoms with Gasteiger partial charge in [0.25, 0.3) is 0 Å². The maximum atomic E-state index is 10.5. The summed E-state index contributed by atoms with van der Waals surface area (Å²) in [5, 5.41) is 0. The van der Waals surface area contributed by atoms with E-state index >= 15 is 0 Å². The smallest absolute Gasteiger partial charge is 0.150 e. The van der Waals surface area contributed by atoms with Crippen LogP contribution in [0.1, 0.15) is 36.5 Å². The molecule has 0 fully saturated rings. The third kappa shape index (κ3) is 3.97. The van der Waals surface area contributed by atoms with E-state index in [1.807, 2.05) is 30.0 Å². The average molecular weight is 208 g/mol. The molecule has 0 aromatic heterocycles. The van der Waals surface area contributed by atoms with Gasteiger partial charge in [-0.25, -0.2) is 0 Å². The van der Waals surface area contributed by atoms with Gasteiger partial charge in [-0.15, -0.1) is 11.8 Å². The van der Waals surface area contributed by atoms with Crippen LogP contribution in [-0.2, 0) is 0 Å². The van der Waals surface area contributed by atoms with Gasteiger partial charge in [0, 0.05) is 10.5 Å². The number of unbranched alkanes of at least 4 members (excludes halogenated alkanes) is 2. The minimum absolute atomic E-state index is 0.769. The van der Waals surface area contributed by atoms with Crippen LogP contribution in [-0.4, -0.2) is 12.0 Å². The molecule has 1 rings (SSSR count). The predicted octanol–water partition coefficient (Wildman–Crippen LogP) is 3.78. The Morgan fingerprint density at radius 1 is 1.36 bits per heavy atom. The fourth-order valence-corrected chi connectivity index (χ4v) is 2.20. The van der Waals surface area contributed by atoms with Gasteiger partial charge in [0.05, 0.1) is 0 Å². The lowest BCUT2D eigenvalue weighted by Gasteiger charge is -2.01. The van der Waals surface area contributed by atoms with Crippen molar-refractivity contribution in [2.24, 2.45) is 0 Å². The van der Waals surface area contributed by atoms with Crippen LogP contribution in [0, 0.1) is 0 Å². The van der Waals surface area contributed by atoms with Crippen molar-refractivity contribution in [2.75, 3.05) is 5.75 Å². The summed E-state index contributed by atoms with van der Waals surface area (Å²) in [7, 11) is 0. The van der Waals surface area contributed by atoms with Gasteiger partial charge in [0.1, 0.15) is 6.29 Å². The van der Waals surface area contributed by atoms with Crippen molar-refractivity contribution in [3.63, 3.8) is 0 Å². The van der Waals surface area contributed by atoms with E-state index in [0.717, 1.165) is 17.6 Å². The Kier molecular flexibility index (Phi) is 5.38. The molecule has 0 atom stereocenters. The summed E-state index contributed by atoms with van der Waals surface area (Å²) in [5.74, 6) is 1.15. The highest BCUT2D eigenvalue weighted by atomic mass is 32.2. The zero-order valence-electron chi connectivity index (χ0n) is 8.53. The zero-order chi connectivity index (χ0) is 10.2. The first-order chi connectivity index (χ1) is 6.86. The van der Waals surface area contributed by atoms with Gasteiger partial charge in [-0.2, -0.15) is 0 Å². The fourth-order valence-electron chi connectivity index (χ4n) is 1.22. The molecule has 0 unspecified atom stereocenters. The highest BCUT2D eigenvalue weighted by Gasteiger charge is 1.95. The van der Waals surface area contributed by atoms with Crippen molar-refractivity contribution in [2.45, 2.75) is 31.1 Å². The minimum atomic E-state index is 0.769. The van der Waals surface area contributed by atoms with Crippen molar-refractivity contribution in [3.05, 3.63) is 29.8 Å². The number of thioether (sulfide) groups is 1.